The van der Waals surface area contributed by atoms with Gasteiger partial charge in [0.25, 0.3) is 0 Å². The molecule has 2 nitrogen and oxygen atoms in total. The number of fused-ring (bicyclic) bond motifs is 1. The molecule has 74 valence electrons. The highest BCUT2D eigenvalue weighted by atomic mass is 16.2. The number of Topliss-reactive ketones (excluding diaryl/α,β-unsaturated/α-hetero) is 1. The highest BCUT2D eigenvalue weighted by Crippen LogP contribution is 2.15. The van der Waals surface area contributed by atoms with Crippen LogP contribution in [-0.4, -0.2) is 12.1 Å². The van der Waals surface area contributed by atoms with E-state index in [1.165, 1.54) is 0 Å². The zero-order valence-corrected chi connectivity index (χ0v) is 8.14. The van der Waals surface area contributed by atoms with Gasteiger partial charge in [0.15, 0.2) is 12.1 Å². The van der Waals surface area contributed by atoms with Crippen LogP contribution in [0, 0.1) is 0 Å². The van der Waals surface area contributed by atoms with Gasteiger partial charge in [-0.2, -0.15) is 0 Å². The van der Waals surface area contributed by atoms with E-state index in [0.717, 1.165) is 16.3 Å². The van der Waals surface area contributed by atoms with Crippen molar-refractivity contribution in [2.24, 2.45) is 0 Å². The molecular formula is C13H10O2. The molecule has 0 saturated carbocycles. The average Bonchev–Trinajstić information content (AvgIpc) is 2.29. The molecule has 0 heterocycles. The summed E-state index contributed by atoms with van der Waals surface area (Å²) >= 11 is 0. The Hall–Kier alpha value is -1.96. The van der Waals surface area contributed by atoms with Crippen molar-refractivity contribution >= 4 is 22.8 Å². The third-order valence-corrected chi connectivity index (χ3v) is 2.32. The molecule has 0 aliphatic heterocycles. The van der Waals surface area contributed by atoms with Crippen LogP contribution in [-0.2, 0) is 16.0 Å². The molecule has 0 atom stereocenters. The van der Waals surface area contributed by atoms with Gasteiger partial charge in [0, 0.05) is 6.42 Å². The molecule has 0 radical (unpaired) electrons. The van der Waals surface area contributed by atoms with E-state index in [9.17, 15) is 9.59 Å². The Labute approximate surface area is 87.5 Å². The van der Waals surface area contributed by atoms with Crippen molar-refractivity contribution < 1.29 is 9.59 Å². The number of carbonyl (C=O) groups excluding carboxylic acids is 2. The second kappa shape index (κ2) is 4.05. The number of ketones is 1. The Kier molecular flexibility index (Phi) is 2.59. The molecule has 0 aliphatic carbocycles. The first-order valence-corrected chi connectivity index (χ1v) is 4.75. The number of rotatable bonds is 3. The summed E-state index contributed by atoms with van der Waals surface area (Å²) < 4.78 is 0. The lowest BCUT2D eigenvalue weighted by molar-refractivity contribution is -0.129. The summed E-state index contributed by atoms with van der Waals surface area (Å²) in [6, 6.07) is 13.7. The van der Waals surface area contributed by atoms with Crippen molar-refractivity contribution in [3.05, 3.63) is 48.0 Å². The highest BCUT2D eigenvalue weighted by molar-refractivity contribution is 6.25. The largest absolute Gasteiger partial charge is 0.295 e. The monoisotopic (exact) mass is 198 g/mol. The second-order valence-electron chi connectivity index (χ2n) is 3.44. The normalized spacial score (nSPS) is 10.1. The van der Waals surface area contributed by atoms with Crippen molar-refractivity contribution in [1.82, 2.24) is 0 Å². The first-order valence-electron chi connectivity index (χ1n) is 4.75. The standard InChI is InChI=1S/C13H10O2/c14-9-13(15)8-10-5-6-11-3-1-2-4-12(11)7-10/h1-7,9H,8H2. The first kappa shape index (κ1) is 9.59. The van der Waals surface area contributed by atoms with E-state index in [0.29, 0.717) is 6.29 Å². The SMILES string of the molecule is O=CC(=O)Cc1ccc2ccccc2c1. The van der Waals surface area contributed by atoms with Gasteiger partial charge >= 0.3 is 0 Å². The Morgan fingerprint density at radius 3 is 2.53 bits per heavy atom. The van der Waals surface area contributed by atoms with E-state index in [1.54, 1.807) is 0 Å². The molecule has 0 N–H and O–H groups in total. The topological polar surface area (TPSA) is 34.1 Å². The molecule has 0 saturated heterocycles. The first-order chi connectivity index (χ1) is 7.29. The summed E-state index contributed by atoms with van der Waals surface area (Å²) in [5.74, 6) is -0.384. The maximum Gasteiger partial charge on any atom is 0.199 e. The van der Waals surface area contributed by atoms with E-state index in [2.05, 4.69) is 0 Å². The second-order valence-corrected chi connectivity index (χ2v) is 3.44. The smallest absolute Gasteiger partial charge is 0.199 e. The third-order valence-electron chi connectivity index (χ3n) is 2.32. The van der Waals surface area contributed by atoms with Gasteiger partial charge < -0.3 is 0 Å². The fraction of sp³-hybridized carbons (Fsp3) is 0.0769. The van der Waals surface area contributed by atoms with E-state index < -0.39 is 0 Å². The molecule has 2 rings (SSSR count). The molecule has 15 heavy (non-hydrogen) atoms. The van der Waals surface area contributed by atoms with Crippen molar-refractivity contribution in [2.75, 3.05) is 0 Å². The number of aldehydes is 1. The fourth-order valence-electron chi connectivity index (χ4n) is 1.59. The summed E-state index contributed by atoms with van der Waals surface area (Å²) in [4.78, 5) is 21.2. The van der Waals surface area contributed by atoms with Gasteiger partial charge in [0.1, 0.15) is 0 Å². The van der Waals surface area contributed by atoms with Gasteiger partial charge in [-0.1, -0.05) is 42.5 Å². The Morgan fingerprint density at radius 2 is 1.80 bits per heavy atom. The predicted molar refractivity (Wildman–Crippen MR) is 58.7 cm³/mol. The molecule has 2 heteroatoms. The number of hydrogen-bond acceptors (Lipinski definition) is 2. The zero-order valence-electron chi connectivity index (χ0n) is 8.14. The Bertz CT molecular complexity index is 515. The molecule has 0 unspecified atom stereocenters. The highest BCUT2D eigenvalue weighted by Gasteiger charge is 2.02. The minimum Gasteiger partial charge on any atom is -0.295 e. The lowest BCUT2D eigenvalue weighted by atomic mass is 10.0. The zero-order chi connectivity index (χ0) is 10.7. The summed E-state index contributed by atoms with van der Waals surface area (Å²) in [6.45, 7) is 0. The average molecular weight is 198 g/mol. The van der Waals surface area contributed by atoms with Gasteiger partial charge in [0.2, 0.25) is 0 Å². The Balaban J connectivity index is 2.38. The Morgan fingerprint density at radius 1 is 1.07 bits per heavy atom. The molecule has 2 aromatic carbocycles. The molecule has 0 amide bonds. The van der Waals surface area contributed by atoms with Crippen molar-refractivity contribution in [1.29, 1.82) is 0 Å². The van der Waals surface area contributed by atoms with Crippen LogP contribution in [0.2, 0.25) is 0 Å². The van der Waals surface area contributed by atoms with Crippen LogP contribution in [0.15, 0.2) is 42.5 Å². The predicted octanol–water partition coefficient (Wildman–Crippen LogP) is 2.15. The van der Waals surface area contributed by atoms with E-state index in [4.69, 9.17) is 0 Å². The van der Waals surface area contributed by atoms with E-state index >= 15 is 0 Å². The number of hydrogen-bond donors (Lipinski definition) is 0. The van der Waals surface area contributed by atoms with Crippen LogP contribution in [0.3, 0.4) is 0 Å². The number of carbonyl (C=O) groups is 2. The van der Waals surface area contributed by atoms with Gasteiger partial charge in [-0.25, -0.2) is 0 Å². The van der Waals surface area contributed by atoms with Crippen molar-refractivity contribution in [2.45, 2.75) is 6.42 Å². The van der Waals surface area contributed by atoms with Gasteiger partial charge in [-0.05, 0) is 16.3 Å². The molecule has 0 fully saturated rings. The molecule has 0 spiro atoms. The van der Waals surface area contributed by atoms with Crippen molar-refractivity contribution in [3.8, 4) is 0 Å². The summed E-state index contributed by atoms with van der Waals surface area (Å²) in [6.07, 6.45) is 0.559. The van der Waals surface area contributed by atoms with Crippen LogP contribution in [0.5, 0.6) is 0 Å². The van der Waals surface area contributed by atoms with Crippen molar-refractivity contribution in [3.63, 3.8) is 0 Å². The van der Waals surface area contributed by atoms with Crippen LogP contribution in [0.25, 0.3) is 10.8 Å². The molecule has 0 bridgehead atoms. The lowest BCUT2D eigenvalue weighted by Crippen LogP contribution is -2.02. The third kappa shape index (κ3) is 2.10. The minimum atomic E-state index is -0.384. The lowest BCUT2D eigenvalue weighted by Gasteiger charge is -2.00. The summed E-state index contributed by atoms with van der Waals surface area (Å²) in [5, 5.41) is 2.23. The molecule has 0 aromatic heterocycles. The minimum absolute atomic E-state index is 0.189. The van der Waals surface area contributed by atoms with Gasteiger partial charge in [-0.3, -0.25) is 9.59 Å². The van der Waals surface area contributed by atoms with Gasteiger partial charge in [0.05, 0.1) is 0 Å². The quantitative estimate of drug-likeness (QED) is 0.559. The van der Waals surface area contributed by atoms with E-state index in [-0.39, 0.29) is 12.2 Å². The maximum atomic E-state index is 10.9. The summed E-state index contributed by atoms with van der Waals surface area (Å²) in [5.41, 5.74) is 0.880. The van der Waals surface area contributed by atoms with Crippen LogP contribution < -0.4 is 0 Å². The van der Waals surface area contributed by atoms with Crippen LogP contribution >= 0.6 is 0 Å². The molecule has 2 aromatic rings. The molecule has 0 aliphatic rings. The van der Waals surface area contributed by atoms with E-state index in [1.807, 2.05) is 42.5 Å². The maximum absolute atomic E-state index is 10.9. The molecular weight excluding hydrogens is 188 g/mol. The fourth-order valence-corrected chi connectivity index (χ4v) is 1.59. The van der Waals surface area contributed by atoms with Crippen LogP contribution in [0.1, 0.15) is 5.56 Å². The van der Waals surface area contributed by atoms with Gasteiger partial charge in [-0.15, -0.1) is 0 Å². The van der Waals surface area contributed by atoms with Crippen LogP contribution in [0.4, 0.5) is 0 Å². The summed E-state index contributed by atoms with van der Waals surface area (Å²) in [7, 11) is 0. The number of benzene rings is 2.